The summed E-state index contributed by atoms with van der Waals surface area (Å²) in [4.78, 5) is 0. The number of hydrogen-bond acceptors (Lipinski definition) is 3. The summed E-state index contributed by atoms with van der Waals surface area (Å²) >= 11 is 1.36. The molecule has 0 bridgehead atoms. The Hall–Kier alpha value is -1.53. The minimum Gasteiger partial charge on any atom is -0.398 e. The molecule has 0 amide bonds. The number of aliphatic hydroxyl groups excluding tert-OH is 1. The van der Waals surface area contributed by atoms with Gasteiger partial charge in [0.25, 0.3) is 0 Å². The van der Waals surface area contributed by atoms with Gasteiger partial charge in [-0.05, 0) is 40.6 Å². The van der Waals surface area contributed by atoms with E-state index >= 15 is 0 Å². The molecule has 0 fully saturated rings. The molecule has 0 spiro atoms. The first-order valence-electron chi connectivity index (χ1n) is 5.06. The largest absolute Gasteiger partial charge is 0.416 e. The molecule has 2 rings (SSSR count). The summed E-state index contributed by atoms with van der Waals surface area (Å²) < 4.78 is 37.8. The molecular weight excluding hydrogens is 263 g/mol. The standard InChI is InChI=1S/C12H10F3NOS/c13-12(14,15)8-1-2-10(16)9(5-8)11(17)7-3-4-18-6-7/h1-6,11,17H,16H2. The molecule has 0 aliphatic heterocycles. The van der Waals surface area contributed by atoms with Crippen molar-refractivity contribution in [2.45, 2.75) is 12.3 Å². The van der Waals surface area contributed by atoms with Crippen LogP contribution in [0.15, 0.2) is 35.0 Å². The van der Waals surface area contributed by atoms with Gasteiger partial charge >= 0.3 is 6.18 Å². The summed E-state index contributed by atoms with van der Waals surface area (Å²) in [6.45, 7) is 0. The first-order chi connectivity index (χ1) is 8.39. The third-order valence-corrected chi connectivity index (χ3v) is 3.27. The van der Waals surface area contributed by atoms with Crippen LogP contribution in [0.25, 0.3) is 0 Å². The average molecular weight is 273 g/mol. The molecule has 0 radical (unpaired) electrons. The highest BCUT2D eigenvalue weighted by Crippen LogP contribution is 2.35. The van der Waals surface area contributed by atoms with E-state index < -0.39 is 17.8 Å². The fraction of sp³-hybridized carbons (Fsp3) is 0.167. The first kappa shape index (κ1) is 12.9. The fourth-order valence-corrected chi connectivity index (χ4v) is 2.28. The topological polar surface area (TPSA) is 46.2 Å². The van der Waals surface area contributed by atoms with Crippen LogP contribution in [0.4, 0.5) is 18.9 Å². The molecule has 0 saturated carbocycles. The molecule has 0 aliphatic carbocycles. The Labute approximate surface area is 105 Å². The summed E-state index contributed by atoms with van der Waals surface area (Å²) in [6.07, 6.45) is -5.59. The SMILES string of the molecule is Nc1ccc(C(F)(F)F)cc1C(O)c1ccsc1. The quantitative estimate of drug-likeness (QED) is 0.823. The van der Waals surface area contributed by atoms with Gasteiger partial charge in [0.1, 0.15) is 6.10 Å². The number of thiophene rings is 1. The molecule has 3 N–H and O–H groups in total. The molecule has 2 aromatic rings. The van der Waals surface area contributed by atoms with Gasteiger partial charge in [-0.15, -0.1) is 0 Å². The summed E-state index contributed by atoms with van der Waals surface area (Å²) in [5.41, 5.74) is 5.54. The van der Waals surface area contributed by atoms with Crippen molar-refractivity contribution in [2.75, 3.05) is 5.73 Å². The zero-order chi connectivity index (χ0) is 13.3. The number of hydrogen-bond donors (Lipinski definition) is 2. The Morgan fingerprint density at radius 3 is 2.50 bits per heavy atom. The molecular formula is C12H10F3NOS. The van der Waals surface area contributed by atoms with Gasteiger partial charge in [0.15, 0.2) is 0 Å². The van der Waals surface area contributed by atoms with E-state index in [0.29, 0.717) is 5.56 Å². The monoisotopic (exact) mass is 273 g/mol. The Morgan fingerprint density at radius 2 is 1.94 bits per heavy atom. The average Bonchev–Trinajstić information content (AvgIpc) is 2.80. The van der Waals surface area contributed by atoms with Gasteiger partial charge in [-0.1, -0.05) is 0 Å². The van der Waals surface area contributed by atoms with Crippen molar-refractivity contribution in [1.82, 2.24) is 0 Å². The molecule has 6 heteroatoms. The van der Waals surface area contributed by atoms with Crippen LogP contribution in [-0.4, -0.2) is 5.11 Å². The molecule has 96 valence electrons. The highest BCUT2D eigenvalue weighted by atomic mass is 32.1. The van der Waals surface area contributed by atoms with Gasteiger partial charge in [-0.2, -0.15) is 24.5 Å². The van der Waals surface area contributed by atoms with Crippen LogP contribution >= 0.6 is 11.3 Å². The molecule has 1 aromatic heterocycles. The maximum absolute atomic E-state index is 12.6. The number of nitrogen functional groups attached to an aromatic ring is 1. The lowest BCUT2D eigenvalue weighted by atomic mass is 10.00. The maximum Gasteiger partial charge on any atom is 0.416 e. The third kappa shape index (κ3) is 2.49. The zero-order valence-corrected chi connectivity index (χ0v) is 9.92. The van der Waals surface area contributed by atoms with E-state index in [4.69, 9.17) is 5.73 Å². The Bertz CT molecular complexity index is 537. The fourth-order valence-electron chi connectivity index (χ4n) is 1.60. The number of anilines is 1. The molecule has 1 aromatic carbocycles. The Balaban J connectivity index is 2.44. The number of rotatable bonds is 2. The summed E-state index contributed by atoms with van der Waals surface area (Å²) in [5, 5.41) is 13.4. The van der Waals surface area contributed by atoms with Crippen LogP contribution in [0.2, 0.25) is 0 Å². The highest BCUT2D eigenvalue weighted by molar-refractivity contribution is 7.07. The second kappa shape index (κ2) is 4.62. The first-order valence-corrected chi connectivity index (χ1v) is 6.00. The molecule has 1 unspecified atom stereocenters. The lowest BCUT2D eigenvalue weighted by molar-refractivity contribution is -0.137. The number of benzene rings is 1. The second-order valence-corrected chi connectivity index (χ2v) is 4.58. The van der Waals surface area contributed by atoms with Crippen LogP contribution in [0.1, 0.15) is 22.8 Å². The van der Waals surface area contributed by atoms with E-state index in [1.54, 1.807) is 16.8 Å². The summed E-state index contributed by atoms with van der Waals surface area (Å²) in [5.74, 6) is 0. The van der Waals surface area contributed by atoms with E-state index in [2.05, 4.69) is 0 Å². The second-order valence-electron chi connectivity index (χ2n) is 3.80. The lowest BCUT2D eigenvalue weighted by Gasteiger charge is -2.15. The molecule has 0 aliphatic rings. The van der Waals surface area contributed by atoms with Gasteiger partial charge in [0.05, 0.1) is 5.56 Å². The number of alkyl halides is 3. The van der Waals surface area contributed by atoms with Gasteiger partial charge in [0.2, 0.25) is 0 Å². The Morgan fingerprint density at radius 1 is 1.22 bits per heavy atom. The van der Waals surface area contributed by atoms with E-state index in [0.717, 1.165) is 18.2 Å². The van der Waals surface area contributed by atoms with Crippen molar-refractivity contribution >= 4 is 17.0 Å². The summed E-state index contributed by atoms with van der Waals surface area (Å²) in [6, 6.07) is 4.60. The predicted octanol–water partition coefficient (Wildman–Crippen LogP) is 3.43. The van der Waals surface area contributed by atoms with Gasteiger partial charge < -0.3 is 10.8 Å². The van der Waals surface area contributed by atoms with Gasteiger partial charge in [-0.3, -0.25) is 0 Å². The van der Waals surface area contributed by atoms with Crippen molar-refractivity contribution in [2.24, 2.45) is 0 Å². The van der Waals surface area contributed by atoms with Gasteiger partial charge in [-0.25, -0.2) is 0 Å². The van der Waals surface area contributed by atoms with Crippen molar-refractivity contribution in [3.63, 3.8) is 0 Å². The van der Waals surface area contributed by atoms with Crippen molar-refractivity contribution in [3.05, 3.63) is 51.7 Å². The number of aliphatic hydroxyl groups is 1. The number of halogens is 3. The minimum absolute atomic E-state index is 0.0724. The predicted molar refractivity (Wildman–Crippen MR) is 64.2 cm³/mol. The van der Waals surface area contributed by atoms with E-state index in [9.17, 15) is 18.3 Å². The van der Waals surface area contributed by atoms with Crippen LogP contribution in [0.5, 0.6) is 0 Å². The number of nitrogens with two attached hydrogens (primary N) is 1. The van der Waals surface area contributed by atoms with Gasteiger partial charge in [0, 0.05) is 11.3 Å². The van der Waals surface area contributed by atoms with E-state index in [1.807, 2.05) is 0 Å². The van der Waals surface area contributed by atoms with Crippen LogP contribution in [-0.2, 0) is 6.18 Å². The normalized spacial score (nSPS) is 13.6. The van der Waals surface area contributed by atoms with E-state index in [1.165, 1.54) is 11.3 Å². The van der Waals surface area contributed by atoms with E-state index in [-0.39, 0.29) is 11.3 Å². The zero-order valence-electron chi connectivity index (χ0n) is 9.11. The Kier molecular flexibility index (Phi) is 3.32. The van der Waals surface area contributed by atoms with Crippen LogP contribution in [0, 0.1) is 0 Å². The summed E-state index contributed by atoms with van der Waals surface area (Å²) in [7, 11) is 0. The van der Waals surface area contributed by atoms with Crippen molar-refractivity contribution in [1.29, 1.82) is 0 Å². The third-order valence-electron chi connectivity index (χ3n) is 2.57. The molecule has 1 heterocycles. The van der Waals surface area contributed by atoms with Crippen LogP contribution < -0.4 is 5.73 Å². The van der Waals surface area contributed by atoms with Crippen molar-refractivity contribution < 1.29 is 18.3 Å². The molecule has 2 nitrogen and oxygen atoms in total. The smallest absolute Gasteiger partial charge is 0.398 e. The van der Waals surface area contributed by atoms with Crippen LogP contribution in [0.3, 0.4) is 0 Å². The molecule has 0 saturated heterocycles. The maximum atomic E-state index is 12.6. The minimum atomic E-state index is -4.45. The molecule has 18 heavy (non-hydrogen) atoms. The van der Waals surface area contributed by atoms with Crippen molar-refractivity contribution in [3.8, 4) is 0 Å². The molecule has 1 atom stereocenters. The highest BCUT2D eigenvalue weighted by Gasteiger charge is 2.31. The lowest BCUT2D eigenvalue weighted by Crippen LogP contribution is -2.09.